The Morgan fingerprint density at radius 2 is 2.00 bits per heavy atom. The minimum absolute atomic E-state index is 0.465. The molecule has 0 fully saturated rings. The molecule has 1 atom stereocenters. The molecule has 1 unspecified atom stereocenters. The summed E-state index contributed by atoms with van der Waals surface area (Å²) in [7, 11) is 1.74. The van der Waals surface area contributed by atoms with E-state index in [9.17, 15) is 0 Å². The Kier molecular flexibility index (Phi) is 9.35. The standard InChI is InChI=1S/C11H25NO2/c1-5-14-9-11(10(2)3)12-7-6-8-13-4/h10-12H,5-9H2,1-4H3. The summed E-state index contributed by atoms with van der Waals surface area (Å²) in [4.78, 5) is 0. The monoisotopic (exact) mass is 203 g/mol. The van der Waals surface area contributed by atoms with E-state index >= 15 is 0 Å². The lowest BCUT2D eigenvalue weighted by atomic mass is 10.1. The maximum absolute atomic E-state index is 5.42. The van der Waals surface area contributed by atoms with E-state index in [0.717, 1.165) is 32.8 Å². The highest BCUT2D eigenvalue weighted by Crippen LogP contribution is 2.02. The van der Waals surface area contributed by atoms with Gasteiger partial charge in [0.25, 0.3) is 0 Å². The first-order valence-corrected chi connectivity index (χ1v) is 5.52. The second-order valence-electron chi connectivity index (χ2n) is 3.81. The molecule has 0 aliphatic rings. The smallest absolute Gasteiger partial charge is 0.0621 e. The van der Waals surface area contributed by atoms with E-state index in [-0.39, 0.29) is 0 Å². The lowest BCUT2D eigenvalue weighted by molar-refractivity contribution is 0.106. The average molecular weight is 203 g/mol. The Labute approximate surface area is 88.2 Å². The molecule has 0 aliphatic heterocycles. The fourth-order valence-corrected chi connectivity index (χ4v) is 1.24. The van der Waals surface area contributed by atoms with Gasteiger partial charge in [-0.25, -0.2) is 0 Å². The number of rotatable bonds is 9. The summed E-state index contributed by atoms with van der Waals surface area (Å²) in [6, 6.07) is 0.465. The van der Waals surface area contributed by atoms with Gasteiger partial charge in [0.05, 0.1) is 6.61 Å². The minimum atomic E-state index is 0.465. The van der Waals surface area contributed by atoms with Gasteiger partial charge in [-0.2, -0.15) is 0 Å². The van der Waals surface area contributed by atoms with Gasteiger partial charge < -0.3 is 14.8 Å². The van der Waals surface area contributed by atoms with E-state index in [2.05, 4.69) is 19.2 Å². The topological polar surface area (TPSA) is 30.5 Å². The number of methoxy groups -OCH3 is 1. The van der Waals surface area contributed by atoms with Gasteiger partial charge in [0.1, 0.15) is 0 Å². The van der Waals surface area contributed by atoms with E-state index in [1.807, 2.05) is 6.92 Å². The van der Waals surface area contributed by atoms with Crippen LogP contribution in [0.5, 0.6) is 0 Å². The highest BCUT2D eigenvalue weighted by Gasteiger charge is 2.11. The number of ether oxygens (including phenoxy) is 2. The molecule has 0 rings (SSSR count). The predicted octanol–water partition coefficient (Wildman–Crippen LogP) is 1.67. The Balaban J connectivity index is 3.52. The zero-order valence-corrected chi connectivity index (χ0v) is 10.0. The van der Waals surface area contributed by atoms with Crippen LogP contribution >= 0.6 is 0 Å². The van der Waals surface area contributed by atoms with E-state index in [1.165, 1.54) is 0 Å². The van der Waals surface area contributed by atoms with Crippen LogP contribution in [0.15, 0.2) is 0 Å². The molecule has 0 saturated heterocycles. The second-order valence-corrected chi connectivity index (χ2v) is 3.81. The van der Waals surface area contributed by atoms with Gasteiger partial charge in [0, 0.05) is 26.4 Å². The highest BCUT2D eigenvalue weighted by atomic mass is 16.5. The summed E-state index contributed by atoms with van der Waals surface area (Å²) in [5, 5.41) is 3.48. The van der Waals surface area contributed by atoms with Crippen molar-refractivity contribution in [3.63, 3.8) is 0 Å². The highest BCUT2D eigenvalue weighted by molar-refractivity contribution is 4.69. The van der Waals surface area contributed by atoms with Gasteiger partial charge in [-0.15, -0.1) is 0 Å². The third kappa shape index (κ3) is 7.30. The summed E-state index contributed by atoms with van der Waals surface area (Å²) >= 11 is 0. The van der Waals surface area contributed by atoms with Crippen LogP contribution in [0.3, 0.4) is 0 Å². The maximum Gasteiger partial charge on any atom is 0.0621 e. The maximum atomic E-state index is 5.42. The Bertz CT molecular complexity index is 118. The molecule has 1 N–H and O–H groups in total. The molecule has 0 aromatic carbocycles. The SMILES string of the molecule is CCOCC(NCCCOC)C(C)C. The van der Waals surface area contributed by atoms with Crippen LogP contribution < -0.4 is 5.32 Å². The first-order valence-electron chi connectivity index (χ1n) is 5.52. The number of hydrogen-bond donors (Lipinski definition) is 1. The molecule has 3 nitrogen and oxygen atoms in total. The molecule has 0 aliphatic carbocycles. The van der Waals surface area contributed by atoms with Crippen LogP contribution in [0.1, 0.15) is 27.2 Å². The third-order valence-corrected chi connectivity index (χ3v) is 2.24. The van der Waals surface area contributed by atoms with Crippen LogP contribution in [-0.4, -0.2) is 39.5 Å². The van der Waals surface area contributed by atoms with Crippen LogP contribution in [-0.2, 0) is 9.47 Å². The summed E-state index contributed by atoms with van der Waals surface area (Å²) in [5.41, 5.74) is 0. The summed E-state index contributed by atoms with van der Waals surface area (Å²) < 4.78 is 10.4. The van der Waals surface area contributed by atoms with Crippen molar-refractivity contribution in [3.8, 4) is 0 Å². The zero-order valence-electron chi connectivity index (χ0n) is 10.0. The van der Waals surface area contributed by atoms with Gasteiger partial charge in [-0.3, -0.25) is 0 Å². The van der Waals surface area contributed by atoms with Crippen molar-refractivity contribution in [1.29, 1.82) is 0 Å². The van der Waals surface area contributed by atoms with E-state index < -0.39 is 0 Å². The van der Waals surface area contributed by atoms with Crippen molar-refractivity contribution in [3.05, 3.63) is 0 Å². The average Bonchev–Trinajstić information content (AvgIpc) is 2.16. The van der Waals surface area contributed by atoms with Crippen molar-refractivity contribution in [2.24, 2.45) is 5.92 Å². The van der Waals surface area contributed by atoms with E-state index in [1.54, 1.807) is 7.11 Å². The van der Waals surface area contributed by atoms with Gasteiger partial charge >= 0.3 is 0 Å². The molecular weight excluding hydrogens is 178 g/mol. The molecule has 14 heavy (non-hydrogen) atoms. The van der Waals surface area contributed by atoms with Gasteiger partial charge in [0.15, 0.2) is 0 Å². The second kappa shape index (κ2) is 9.44. The summed E-state index contributed by atoms with van der Waals surface area (Å²) in [6.45, 7) is 9.89. The molecule has 0 radical (unpaired) electrons. The fourth-order valence-electron chi connectivity index (χ4n) is 1.24. The molecule has 86 valence electrons. The van der Waals surface area contributed by atoms with Crippen molar-refractivity contribution < 1.29 is 9.47 Å². The molecule has 0 amide bonds. The predicted molar refractivity (Wildman–Crippen MR) is 59.6 cm³/mol. The van der Waals surface area contributed by atoms with Gasteiger partial charge in [-0.05, 0) is 25.8 Å². The van der Waals surface area contributed by atoms with E-state index in [4.69, 9.17) is 9.47 Å². The molecule has 0 saturated carbocycles. The Hall–Kier alpha value is -0.120. The van der Waals surface area contributed by atoms with Crippen LogP contribution in [0.25, 0.3) is 0 Å². The fraction of sp³-hybridized carbons (Fsp3) is 1.00. The van der Waals surface area contributed by atoms with Gasteiger partial charge in [-0.1, -0.05) is 13.8 Å². The Morgan fingerprint density at radius 1 is 1.29 bits per heavy atom. The minimum Gasteiger partial charge on any atom is -0.385 e. The molecular formula is C11H25NO2. The van der Waals surface area contributed by atoms with Crippen LogP contribution in [0.2, 0.25) is 0 Å². The molecule has 0 spiro atoms. The third-order valence-electron chi connectivity index (χ3n) is 2.24. The van der Waals surface area contributed by atoms with Gasteiger partial charge in [0.2, 0.25) is 0 Å². The van der Waals surface area contributed by atoms with Crippen LogP contribution in [0, 0.1) is 5.92 Å². The number of hydrogen-bond acceptors (Lipinski definition) is 3. The van der Waals surface area contributed by atoms with Crippen molar-refractivity contribution in [2.75, 3.05) is 33.5 Å². The quantitative estimate of drug-likeness (QED) is 0.578. The summed E-state index contributed by atoms with van der Waals surface area (Å²) in [6.07, 6.45) is 1.06. The molecule has 0 bridgehead atoms. The zero-order chi connectivity index (χ0) is 10.8. The molecule has 0 heterocycles. The van der Waals surface area contributed by atoms with Crippen molar-refractivity contribution >= 4 is 0 Å². The van der Waals surface area contributed by atoms with Crippen molar-refractivity contribution in [1.82, 2.24) is 5.32 Å². The molecule has 0 aromatic rings. The Morgan fingerprint density at radius 3 is 2.50 bits per heavy atom. The molecule has 0 aromatic heterocycles. The van der Waals surface area contributed by atoms with Crippen LogP contribution in [0.4, 0.5) is 0 Å². The largest absolute Gasteiger partial charge is 0.385 e. The first-order chi connectivity index (χ1) is 6.72. The number of nitrogens with one attached hydrogen (secondary N) is 1. The first kappa shape index (κ1) is 13.9. The lowest BCUT2D eigenvalue weighted by Crippen LogP contribution is -2.38. The van der Waals surface area contributed by atoms with Crippen molar-refractivity contribution in [2.45, 2.75) is 33.2 Å². The van der Waals surface area contributed by atoms with E-state index in [0.29, 0.717) is 12.0 Å². The normalized spacial score (nSPS) is 13.5. The summed E-state index contributed by atoms with van der Waals surface area (Å²) in [5.74, 6) is 0.615. The molecule has 3 heteroatoms. The lowest BCUT2D eigenvalue weighted by Gasteiger charge is -2.22.